The molecule has 0 rings (SSSR count). The maximum absolute atomic E-state index is 9.75. The van der Waals surface area contributed by atoms with Gasteiger partial charge in [-0.25, -0.2) is 13.2 Å². The maximum atomic E-state index is 9.75. The van der Waals surface area contributed by atoms with Gasteiger partial charge in [-0.15, -0.1) is 0 Å². The van der Waals surface area contributed by atoms with Crippen LogP contribution in [0.2, 0.25) is 0 Å². The first-order valence-electron chi connectivity index (χ1n) is 3.33. The number of carbonyl (C=O) groups is 1. The van der Waals surface area contributed by atoms with Gasteiger partial charge in [0.2, 0.25) is 0 Å². The molecule has 0 aromatic rings. The Bertz CT molecular complexity index is 257. The monoisotopic (exact) mass is 314 g/mol. The van der Waals surface area contributed by atoms with Crippen molar-refractivity contribution in [3.8, 4) is 0 Å². The zero-order chi connectivity index (χ0) is 13.6. The summed E-state index contributed by atoms with van der Waals surface area (Å²) in [4.78, 5) is 9.75. The number of hydrogen-bond donors (Lipinski definition) is 3. The molecule has 0 fully saturated rings. The molecule has 2 atom stereocenters. The van der Waals surface area contributed by atoms with Crippen LogP contribution in [0.1, 0.15) is 6.92 Å². The third kappa shape index (κ3) is 118. The molecule has 0 aliphatic carbocycles. The summed E-state index contributed by atoms with van der Waals surface area (Å²) in [5, 5.41) is 8.02. The van der Waals surface area contributed by atoms with Gasteiger partial charge in [0.05, 0.1) is 22.7 Å². The van der Waals surface area contributed by atoms with E-state index in [0.29, 0.717) is 0 Å². The minimum atomic E-state index is -2.86. The first-order valence-corrected chi connectivity index (χ1v) is 5.39. The summed E-state index contributed by atoms with van der Waals surface area (Å²) in [6.45, 7) is 1.83. The van der Waals surface area contributed by atoms with Crippen LogP contribution in [0.25, 0.3) is 0 Å². The van der Waals surface area contributed by atoms with Gasteiger partial charge in [-0.1, -0.05) is 18.2 Å². The van der Waals surface area contributed by atoms with E-state index in [-0.39, 0.29) is 37.7 Å². The molecule has 0 radical (unpaired) electrons. The maximum Gasteiger partial charge on any atom is 2.00 e. The summed E-state index contributed by atoms with van der Waals surface area (Å²) in [6.07, 6.45) is 5.98. The minimum absolute atomic E-state index is 0. The predicted octanol–water partition coefficient (Wildman–Crippen LogP) is -0.500. The molecule has 0 amide bonds. The molecule has 11 heteroatoms. The molecule has 0 aliphatic heterocycles. The van der Waals surface area contributed by atoms with Crippen molar-refractivity contribution >= 4 is 66.4 Å². The van der Waals surface area contributed by atoms with Crippen LogP contribution in [0.15, 0.2) is 24.3 Å². The van der Waals surface area contributed by atoms with E-state index >= 15 is 0 Å². The summed E-state index contributed by atoms with van der Waals surface area (Å²) in [5.41, 5.74) is 0. The van der Waals surface area contributed by atoms with Gasteiger partial charge in [-0.05, 0) is 6.92 Å². The summed E-state index contributed by atoms with van der Waals surface area (Å²) in [6, 6.07) is 0. The van der Waals surface area contributed by atoms with E-state index < -0.39 is 28.7 Å². The van der Waals surface area contributed by atoms with Gasteiger partial charge in [-0.2, -0.15) is 0 Å². The van der Waals surface area contributed by atoms with Gasteiger partial charge in [0.15, 0.2) is 0 Å². The number of rotatable bonds is 2. The molecule has 8 nitrogen and oxygen atoms in total. The Hall–Kier alpha value is 0.350. The number of carboxylic acids is 1. The van der Waals surface area contributed by atoms with Gasteiger partial charge in [-0.3, -0.25) is 0 Å². The molecule has 0 bridgehead atoms. The fourth-order valence-corrected chi connectivity index (χ4v) is 0.249. The van der Waals surface area contributed by atoms with Crippen LogP contribution in [0.3, 0.4) is 0 Å². The number of allylic oxidation sites excluding steroid dienone is 3. The molecule has 0 heterocycles. The number of hydrogen-bond acceptors (Lipinski definition) is 5. The van der Waals surface area contributed by atoms with Crippen molar-refractivity contribution in [3.05, 3.63) is 24.3 Å². The predicted molar refractivity (Wildman–Crippen MR) is 60.4 cm³/mol. The average Bonchev–Trinajstić information content (AvgIpc) is 2.01. The second kappa shape index (κ2) is 21.6. The average molecular weight is 314 g/mol. The molecule has 0 aromatic carbocycles. The summed E-state index contributed by atoms with van der Waals surface area (Å²) in [7, 11) is 0. The van der Waals surface area contributed by atoms with Crippen LogP contribution in [0.4, 0.5) is 0 Å². The molecule has 0 aromatic heterocycles. The van der Waals surface area contributed by atoms with E-state index in [2.05, 4.69) is 0 Å². The molecule has 0 spiro atoms. The van der Waals surface area contributed by atoms with Crippen molar-refractivity contribution in [1.82, 2.24) is 0 Å². The molecule has 2 unspecified atom stereocenters. The van der Waals surface area contributed by atoms with Crippen LogP contribution in [-0.2, 0) is 27.5 Å². The molecule has 3 N–H and O–H groups in total. The molecule has 96 valence electrons. The smallest absolute Gasteiger partial charge is 0.750 e. The molecule has 0 saturated heterocycles. The van der Waals surface area contributed by atoms with E-state index in [0.717, 1.165) is 6.08 Å². The van der Waals surface area contributed by atoms with Gasteiger partial charge in [0.25, 0.3) is 0 Å². The van der Waals surface area contributed by atoms with Crippen molar-refractivity contribution < 1.29 is 36.5 Å². The molecular formula is C6H10CaO8S2. The number of aliphatic carboxylic acids is 1. The van der Waals surface area contributed by atoms with Gasteiger partial charge in [0.1, 0.15) is 0 Å². The number of carboxylic acid groups (broad SMARTS) is 1. The molecule has 17 heavy (non-hydrogen) atoms. The Morgan fingerprint density at radius 3 is 1.59 bits per heavy atom. The Morgan fingerprint density at radius 2 is 1.41 bits per heavy atom. The van der Waals surface area contributed by atoms with E-state index in [1.54, 1.807) is 12.2 Å². The van der Waals surface area contributed by atoms with Crippen molar-refractivity contribution in [2.75, 3.05) is 0 Å². The van der Waals surface area contributed by atoms with Crippen molar-refractivity contribution in [1.29, 1.82) is 0 Å². The normalized spacial score (nSPS) is 12.5. The summed E-state index contributed by atoms with van der Waals surface area (Å²) >= 11 is -5.72. The zero-order valence-electron chi connectivity index (χ0n) is 8.72. The molecule has 0 aliphatic rings. The van der Waals surface area contributed by atoms with Gasteiger partial charge < -0.3 is 23.3 Å². The van der Waals surface area contributed by atoms with Crippen LogP contribution in [-0.4, -0.2) is 75.4 Å². The Balaban J connectivity index is -0.0000000806. The Kier molecular flexibility index (Phi) is 33.1. The second-order valence-corrected chi connectivity index (χ2v) is 2.53. The first-order chi connectivity index (χ1) is 7.23. The Morgan fingerprint density at radius 1 is 1.12 bits per heavy atom. The van der Waals surface area contributed by atoms with Crippen molar-refractivity contribution in [3.63, 3.8) is 0 Å². The minimum Gasteiger partial charge on any atom is -0.750 e. The summed E-state index contributed by atoms with van der Waals surface area (Å²) < 4.78 is 48.2. The standard InChI is InChI=1S/C6H8O2.Ca.2H2O3S/c1-2-3-4-5-6(7)8;;2*1-4(2)3/h2-5H,1H3,(H,7,8);;2*(H2,1,2,3)/q;+2;;/p-2. The topological polar surface area (TPSA) is 158 Å². The van der Waals surface area contributed by atoms with Crippen LogP contribution >= 0.6 is 0 Å². The third-order valence-corrected chi connectivity index (χ3v) is 0.542. The zero-order valence-corrected chi connectivity index (χ0v) is 12.6. The van der Waals surface area contributed by atoms with Crippen molar-refractivity contribution in [2.24, 2.45) is 0 Å². The largest absolute Gasteiger partial charge is 2.00 e. The van der Waals surface area contributed by atoms with E-state index in [1.807, 2.05) is 6.92 Å². The Labute approximate surface area is 133 Å². The first kappa shape index (κ1) is 26.0. The molecular weight excluding hydrogens is 304 g/mol. The summed E-state index contributed by atoms with van der Waals surface area (Å²) in [5.74, 6) is -0.914. The van der Waals surface area contributed by atoms with E-state index in [1.165, 1.54) is 6.08 Å². The van der Waals surface area contributed by atoms with E-state index in [9.17, 15) is 4.79 Å². The van der Waals surface area contributed by atoms with Crippen LogP contribution in [0.5, 0.6) is 0 Å². The van der Waals surface area contributed by atoms with Crippen LogP contribution < -0.4 is 0 Å². The molecule has 0 saturated carbocycles. The van der Waals surface area contributed by atoms with Crippen molar-refractivity contribution in [2.45, 2.75) is 6.92 Å². The van der Waals surface area contributed by atoms with Gasteiger partial charge >= 0.3 is 43.7 Å². The van der Waals surface area contributed by atoms with Crippen LogP contribution in [0, 0.1) is 0 Å². The second-order valence-electron chi connectivity index (χ2n) is 1.66. The fraction of sp³-hybridized carbons (Fsp3) is 0.167. The third-order valence-electron chi connectivity index (χ3n) is 0.542. The van der Waals surface area contributed by atoms with Gasteiger partial charge in [0, 0.05) is 6.08 Å². The van der Waals surface area contributed by atoms with E-state index in [4.69, 9.17) is 31.7 Å². The SMILES string of the molecule is CC=CC=CC(=O)O.O=S([O-])O.O=S([O-])O.[Ca+2]. The fourth-order valence-electron chi connectivity index (χ4n) is 0.249. The quantitative estimate of drug-likeness (QED) is 0.266.